The summed E-state index contributed by atoms with van der Waals surface area (Å²) in [7, 11) is -3.66. The Kier molecular flexibility index (Phi) is 3.88. The van der Waals surface area contributed by atoms with Crippen molar-refractivity contribution in [1.29, 1.82) is 0 Å². The maximum absolute atomic E-state index is 12.2. The first-order valence-electron chi connectivity index (χ1n) is 5.38. The number of sulfonamides is 1. The Labute approximate surface area is 119 Å². The van der Waals surface area contributed by atoms with E-state index >= 15 is 0 Å². The molecule has 0 saturated heterocycles. The van der Waals surface area contributed by atoms with E-state index in [0.717, 1.165) is 0 Å². The third-order valence-corrected chi connectivity index (χ3v) is 4.22. The molecular formula is C12H12BrN3O2S. The predicted molar refractivity (Wildman–Crippen MR) is 79.4 cm³/mol. The summed E-state index contributed by atoms with van der Waals surface area (Å²) in [4.78, 5) is 4.20. The van der Waals surface area contributed by atoms with Gasteiger partial charge in [0.05, 0.1) is 5.52 Å². The average Bonchev–Trinajstić information content (AvgIpc) is 2.37. The molecular weight excluding hydrogens is 330 g/mol. The molecule has 0 aliphatic carbocycles. The van der Waals surface area contributed by atoms with Gasteiger partial charge in [-0.25, -0.2) is 13.1 Å². The van der Waals surface area contributed by atoms with E-state index in [1.54, 1.807) is 18.2 Å². The molecule has 0 saturated carbocycles. The molecule has 3 N–H and O–H groups in total. The van der Waals surface area contributed by atoms with E-state index < -0.39 is 10.0 Å². The van der Waals surface area contributed by atoms with Crippen molar-refractivity contribution in [2.75, 3.05) is 12.3 Å². The monoisotopic (exact) mass is 341 g/mol. The van der Waals surface area contributed by atoms with Crippen molar-refractivity contribution in [1.82, 2.24) is 9.71 Å². The van der Waals surface area contributed by atoms with Crippen LogP contribution in [0.2, 0.25) is 0 Å². The quantitative estimate of drug-likeness (QED) is 0.833. The largest absolute Gasteiger partial charge is 0.398 e. The minimum atomic E-state index is -3.66. The van der Waals surface area contributed by atoms with E-state index in [4.69, 9.17) is 5.73 Å². The highest BCUT2D eigenvalue weighted by atomic mass is 79.9. The molecule has 0 radical (unpaired) electrons. The zero-order valence-electron chi connectivity index (χ0n) is 9.93. The first-order valence-corrected chi connectivity index (χ1v) is 7.65. The molecule has 2 aromatic rings. The van der Waals surface area contributed by atoms with Crippen LogP contribution in [0, 0.1) is 0 Å². The molecule has 100 valence electrons. The number of fused-ring (bicyclic) bond motifs is 1. The molecule has 0 bridgehead atoms. The average molecular weight is 342 g/mol. The molecule has 1 aromatic heterocycles. The highest BCUT2D eigenvalue weighted by Crippen LogP contribution is 2.25. The van der Waals surface area contributed by atoms with Gasteiger partial charge in [0.1, 0.15) is 4.90 Å². The number of hydrogen-bond acceptors (Lipinski definition) is 4. The standard InChI is InChI=1S/C12H12BrN3O2S/c1-8(13)7-16-19(17,18)11-5-4-10(14)9-3-2-6-15-12(9)11/h2-6,16H,1,7,14H2. The van der Waals surface area contributed by atoms with E-state index in [9.17, 15) is 8.42 Å². The van der Waals surface area contributed by atoms with Crippen molar-refractivity contribution >= 4 is 42.5 Å². The van der Waals surface area contributed by atoms with Crippen LogP contribution in [0.1, 0.15) is 0 Å². The fourth-order valence-corrected chi connectivity index (χ4v) is 3.15. The number of nitrogens with one attached hydrogen (secondary N) is 1. The van der Waals surface area contributed by atoms with Gasteiger partial charge in [-0.2, -0.15) is 0 Å². The van der Waals surface area contributed by atoms with Crippen LogP contribution >= 0.6 is 15.9 Å². The second-order valence-corrected chi connectivity index (χ2v) is 6.75. The van der Waals surface area contributed by atoms with E-state index in [1.807, 2.05) is 0 Å². The predicted octanol–water partition coefficient (Wildman–Crippen LogP) is 2.00. The number of hydrogen-bond donors (Lipinski definition) is 2. The second-order valence-electron chi connectivity index (χ2n) is 3.89. The van der Waals surface area contributed by atoms with Gasteiger partial charge in [0.15, 0.2) is 0 Å². The van der Waals surface area contributed by atoms with Gasteiger partial charge in [0, 0.05) is 28.3 Å². The van der Waals surface area contributed by atoms with E-state index in [2.05, 4.69) is 32.2 Å². The first-order chi connectivity index (χ1) is 8.92. The van der Waals surface area contributed by atoms with Crippen molar-refractivity contribution in [3.05, 3.63) is 41.5 Å². The fourth-order valence-electron chi connectivity index (χ4n) is 1.64. The molecule has 0 fully saturated rings. The number of rotatable bonds is 4. The smallest absolute Gasteiger partial charge is 0.243 e. The summed E-state index contributed by atoms with van der Waals surface area (Å²) in [5.41, 5.74) is 6.66. The summed E-state index contributed by atoms with van der Waals surface area (Å²) in [5.74, 6) is 0. The van der Waals surface area contributed by atoms with Crippen molar-refractivity contribution in [2.24, 2.45) is 0 Å². The molecule has 0 aliphatic rings. The SMILES string of the molecule is C=C(Br)CNS(=O)(=O)c1ccc(N)c2cccnc12. The third kappa shape index (κ3) is 2.94. The lowest BCUT2D eigenvalue weighted by molar-refractivity contribution is 0.586. The highest BCUT2D eigenvalue weighted by Gasteiger charge is 2.18. The number of halogens is 1. The molecule has 5 nitrogen and oxygen atoms in total. The second kappa shape index (κ2) is 5.28. The van der Waals surface area contributed by atoms with Gasteiger partial charge in [-0.1, -0.05) is 22.5 Å². The van der Waals surface area contributed by atoms with Gasteiger partial charge in [0.25, 0.3) is 0 Å². The maximum atomic E-state index is 12.2. The Morgan fingerprint density at radius 2 is 2.16 bits per heavy atom. The molecule has 0 atom stereocenters. The minimum absolute atomic E-state index is 0.103. The van der Waals surface area contributed by atoms with Crippen LogP contribution in [0.5, 0.6) is 0 Å². The number of nitrogens with two attached hydrogens (primary N) is 1. The lowest BCUT2D eigenvalue weighted by Gasteiger charge is -2.09. The molecule has 1 heterocycles. The Bertz CT molecular complexity index is 744. The maximum Gasteiger partial charge on any atom is 0.243 e. The Morgan fingerprint density at radius 3 is 2.84 bits per heavy atom. The Morgan fingerprint density at radius 1 is 1.42 bits per heavy atom. The number of pyridine rings is 1. The number of anilines is 1. The van der Waals surface area contributed by atoms with Gasteiger partial charge in [0.2, 0.25) is 10.0 Å². The molecule has 0 aliphatic heterocycles. The van der Waals surface area contributed by atoms with Crippen LogP contribution in [0.4, 0.5) is 5.69 Å². The van der Waals surface area contributed by atoms with Crippen LogP contribution in [0.3, 0.4) is 0 Å². The summed E-state index contributed by atoms with van der Waals surface area (Å²) < 4.78 is 27.4. The van der Waals surface area contributed by atoms with Crippen LogP contribution in [-0.4, -0.2) is 19.9 Å². The lowest BCUT2D eigenvalue weighted by atomic mass is 10.2. The topological polar surface area (TPSA) is 85.1 Å². The van der Waals surface area contributed by atoms with Crippen molar-refractivity contribution in [2.45, 2.75) is 4.90 Å². The van der Waals surface area contributed by atoms with Gasteiger partial charge >= 0.3 is 0 Å². The van der Waals surface area contributed by atoms with Crippen molar-refractivity contribution in [3.8, 4) is 0 Å². The first kappa shape index (κ1) is 14.0. The number of aromatic nitrogens is 1. The summed E-state index contributed by atoms with van der Waals surface area (Å²) in [6.07, 6.45) is 1.53. The molecule has 0 unspecified atom stereocenters. The Hall–Kier alpha value is -1.44. The fraction of sp³-hybridized carbons (Fsp3) is 0.0833. The van der Waals surface area contributed by atoms with Gasteiger partial charge in [-0.05, 0) is 24.3 Å². The van der Waals surface area contributed by atoms with Gasteiger partial charge in [-0.3, -0.25) is 4.98 Å². The van der Waals surface area contributed by atoms with Crippen LogP contribution < -0.4 is 10.5 Å². The van der Waals surface area contributed by atoms with Crippen molar-refractivity contribution < 1.29 is 8.42 Å². The van der Waals surface area contributed by atoms with E-state index in [1.165, 1.54) is 12.3 Å². The van der Waals surface area contributed by atoms with Crippen LogP contribution in [0.25, 0.3) is 10.9 Å². The Balaban J connectivity index is 2.57. The molecule has 0 amide bonds. The molecule has 19 heavy (non-hydrogen) atoms. The molecule has 7 heteroatoms. The van der Waals surface area contributed by atoms with E-state index in [0.29, 0.717) is 21.1 Å². The normalized spacial score (nSPS) is 11.6. The molecule has 2 rings (SSSR count). The summed E-state index contributed by atoms with van der Waals surface area (Å²) in [5, 5.41) is 0.614. The van der Waals surface area contributed by atoms with Crippen LogP contribution in [0.15, 0.2) is 46.4 Å². The summed E-state index contributed by atoms with van der Waals surface area (Å²) >= 11 is 3.10. The zero-order valence-corrected chi connectivity index (χ0v) is 12.3. The van der Waals surface area contributed by atoms with Crippen molar-refractivity contribution in [3.63, 3.8) is 0 Å². The summed E-state index contributed by atoms with van der Waals surface area (Å²) in [6.45, 7) is 3.69. The number of nitrogen functional groups attached to an aromatic ring is 1. The lowest BCUT2D eigenvalue weighted by Crippen LogP contribution is -2.25. The number of nitrogens with zero attached hydrogens (tertiary/aromatic N) is 1. The molecule has 0 spiro atoms. The third-order valence-electron chi connectivity index (χ3n) is 2.51. The van der Waals surface area contributed by atoms with Crippen LogP contribution in [-0.2, 0) is 10.0 Å². The zero-order chi connectivity index (χ0) is 14.0. The highest BCUT2D eigenvalue weighted by molar-refractivity contribution is 9.11. The molecule has 1 aromatic carbocycles. The van der Waals surface area contributed by atoms with E-state index in [-0.39, 0.29) is 11.4 Å². The minimum Gasteiger partial charge on any atom is -0.398 e. The summed E-state index contributed by atoms with van der Waals surface area (Å²) in [6, 6.07) is 6.45. The van der Waals surface area contributed by atoms with Gasteiger partial charge in [-0.15, -0.1) is 0 Å². The number of benzene rings is 1. The van der Waals surface area contributed by atoms with Gasteiger partial charge < -0.3 is 5.73 Å².